The first kappa shape index (κ1) is 11.1. The number of nitrogens with one attached hydrogen (secondary N) is 1. The Morgan fingerprint density at radius 2 is 2.11 bits per heavy atom. The van der Waals surface area contributed by atoms with Gasteiger partial charge in [0.15, 0.2) is 0 Å². The summed E-state index contributed by atoms with van der Waals surface area (Å²) in [5.41, 5.74) is 0.524. The third-order valence-electron chi connectivity index (χ3n) is 3.39. The molecule has 0 bridgehead atoms. The van der Waals surface area contributed by atoms with Gasteiger partial charge in [-0.3, -0.25) is 9.89 Å². The Balaban J connectivity index is 2.04. The second-order valence-corrected chi connectivity index (χ2v) is 4.53. The van der Waals surface area contributed by atoms with Gasteiger partial charge in [0.2, 0.25) is 0 Å². The summed E-state index contributed by atoms with van der Waals surface area (Å²) in [5, 5.41) is 3.46. The first-order valence-electron chi connectivity index (χ1n) is 6.20. The third kappa shape index (κ3) is 1.73. The van der Waals surface area contributed by atoms with Gasteiger partial charge < -0.3 is 9.74 Å². The molecule has 1 saturated heterocycles. The molecule has 0 saturated carbocycles. The maximum atomic E-state index is 12.0. The van der Waals surface area contributed by atoms with Crippen LogP contribution in [0.4, 0.5) is 5.82 Å². The second-order valence-electron chi connectivity index (χ2n) is 4.53. The molecule has 18 heavy (non-hydrogen) atoms. The van der Waals surface area contributed by atoms with Gasteiger partial charge in [-0.05, 0) is 25.3 Å². The first-order chi connectivity index (χ1) is 8.79. The predicted molar refractivity (Wildman–Crippen MR) is 68.9 cm³/mol. The summed E-state index contributed by atoms with van der Waals surface area (Å²) in [4.78, 5) is 24.6. The van der Waals surface area contributed by atoms with Crippen molar-refractivity contribution in [2.24, 2.45) is 0 Å². The van der Waals surface area contributed by atoms with Crippen molar-refractivity contribution in [2.45, 2.75) is 19.3 Å². The number of H-pyrrole nitrogens is 1. The van der Waals surface area contributed by atoms with Crippen molar-refractivity contribution in [1.82, 2.24) is 14.9 Å². The predicted octanol–water partition coefficient (Wildman–Crippen LogP) is 0.773. The summed E-state index contributed by atoms with van der Waals surface area (Å²) in [6.07, 6.45) is 5.35. The molecule has 2 aromatic heterocycles. The summed E-state index contributed by atoms with van der Waals surface area (Å²) in [7, 11) is 1.45. The first-order valence-corrected chi connectivity index (χ1v) is 6.20. The molecule has 0 spiro atoms. The quantitative estimate of drug-likeness (QED) is 0.852. The molecule has 2 aromatic rings. The number of aromatic amines is 1. The van der Waals surface area contributed by atoms with Crippen LogP contribution >= 0.6 is 0 Å². The van der Waals surface area contributed by atoms with E-state index in [0.717, 1.165) is 23.8 Å². The smallest absolute Gasteiger partial charge is 0.310 e. The highest BCUT2D eigenvalue weighted by Gasteiger charge is 2.14. The highest BCUT2D eigenvalue weighted by molar-refractivity contribution is 5.79. The zero-order valence-corrected chi connectivity index (χ0v) is 10.3. The highest BCUT2D eigenvalue weighted by atomic mass is 16.7. The average Bonchev–Trinajstić information content (AvgIpc) is 2.76. The Morgan fingerprint density at radius 1 is 1.33 bits per heavy atom. The second kappa shape index (κ2) is 4.36. The third-order valence-corrected chi connectivity index (χ3v) is 3.39. The minimum atomic E-state index is -0.173. The Kier molecular flexibility index (Phi) is 2.70. The van der Waals surface area contributed by atoms with Gasteiger partial charge in [0.05, 0.1) is 17.1 Å². The topological polar surface area (TPSA) is 63.2 Å². The molecule has 6 nitrogen and oxygen atoms in total. The number of pyridine rings is 1. The minimum Gasteiger partial charge on any atom is -0.398 e. The van der Waals surface area contributed by atoms with Gasteiger partial charge in [0, 0.05) is 13.1 Å². The van der Waals surface area contributed by atoms with Crippen LogP contribution in [0.25, 0.3) is 10.9 Å². The van der Waals surface area contributed by atoms with Crippen LogP contribution in [-0.4, -0.2) is 35.1 Å². The van der Waals surface area contributed by atoms with Crippen molar-refractivity contribution in [3.05, 3.63) is 22.6 Å². The number of hydrogen-bond acceptors (Lipinski definition) is 4. The lowest BCUT2D eigenvalue weighted by Gasteiger charge is -2.27. The number of aromatic nitrogens is 3. The number of rotatable bonds is 2. The molecule has 0 aliphatic carbocycles. The van der Waals surface area contributed by atoms with Crippen LogP contribution in [0.2, 0.25) is 0 Å². The maximum absolute atomic E-state index is 12.0. The van der Waals surface area contributed by atoms with Gasteiger partial charge in [-0.15, -0.1) is 0 Å². The standard InChI is InChI=1S/C12H16N4O2/c1-18-16-12(17)9-7-11(13-8-10(9)14-16)15-5-3-2-4-6-15/h7-8,14H,2-6H2,1H3. The lowest BCUT2D eigenvalue weighted by Crippen LogP contribution is -2.30. The SMILES string of the molecule is COn1[nH]c2cnc(N3CCCCC3)cc2c1=O. The maximum Gasteiger partial charge on any atom is 0.310 e. The van der Waals surface area contributed by atoms with E-state index >= 15 is 0 Å². The van der Waals surface area contributed by atoms with Gasteiger partial charge >= 0.3 is 5.56 Å². The number of hydrogen-bond donors (Lipinski definition) is 1. The van der Waals surface area contributed by atoms with E-state index in [9.17, 15) is 4.79 Å². The van der Waals surface area contributed by atoms with Crippen LogP contribution in [0.15, 0.2) is 17.1 Å². The monoisotopic (exact) mass is 248 g/mol. The zero-order valence-electron chi connectivity index (χ0n) is 10.3. The fraction of sp³-hybridized carbons (Fsp3) is 0.500. The Morgan fingerprint density at radius 3 is 2.83 bits per heavy atom. The summed E-state index contributed by atoms with van der Waals surface area (Å²) in [6.45, 7) is 2.03. The molecule has 96 valence electrons. The van der Waals surface area contributed by atoms with E-state index in [2.05, 4.69) is 15.0 Å². The molecule has 6 heteroatoms. The lowest BCUT2D eigenvalue weighted by atomic mass is 10.1. The minimum absolute atomic E-state index is 0.173. The molecule has 1 fully saturated rings. The van der Waals surface area contributed by atoms with Crippen molar-refractivity contribution in [3.8, 4) is 0 Å². The fourth-order valence-electron chi connectivity index (χ4n) is 2.40. The van der Waals surface area contributed by atoms with E-state index in [1.807, 2.05) is 6.07 Å². The van der Waals surface area contributed by atoms with Crippen molar-refractivity contribution in [2.75, 3.05) is 25.1 Å². The lowest BCUT2D eigenvalue weighted by molar-refractivity contribution is 0.128. The summed E-state index contributed by atoms with van der Waals surface area (Å²) in [5.74, 6) is 0.876. The van der Waals surface area contributed by atoms with Crippen molar-refractivity contribution in [3.63, 3.8) is 0 Å². The van der Waals surface area contributed by atoms with Crippen molar-refractivity contribution in [1.29, 1.82) is 0 Å². The van der Waals surface area contributed by atoms with Gasteiger partial charge in [0.25, 0.3) is 0 Å². The average molecular weight is 248 g/mol. The molecule has 0 atom stereocenters. The van der Waals surface area contributed by atoms with Crippen LogP contribution in [0, 0.1) is 0 Å². The Bertz CT molecular complexity index is 610. The van der Waals surface area contributed by atoms with Crippen LogP contribution in [0.1, 0.15) is 19.3 Å². The summed E-state index contributed by atoms with van der Waals surface area (Å²) >= 11 is 0. The van der Waals surface area contributed by atoms with Gasteiger partial charge in [0.1, 0.15) is 12.9 Å². The Hall–Kier alpha value is -1.98. The Labute approximate surface area is 104 Å². The number of anilines is 1. The van der Waals surface area contributed by atoms with E-state index in [1.165, 1.54) is 26.4 Å². The molecule has 1 N–H and O–H groups in total. The normalized spacial score (nSPS) is 16.2. The van der Waals surface area contributed by atoms with Gasteiger partial charge in [-0.1, -0.05) is 4.85 Å². The van der Waals surface area contributed by atoms with Crippen molar-refractivity contribution >= 4 is 16.7 Å². The zero-order chi connectivity index (χ0) is 12.5. The summed E-state index contributed by atoms with van der Waals surface area (Å²) < 4.78 is 0. The van der Waals surface area contributed by atoms with Gasteiger partial charge in [-0.25, -0.2) is 4.98 Å². The number of piperidine rings is 1. The van der Waals surface area contributed by atoms with Gasteiger partial charge in [-0.2, -0.15) is 0 Å². The molecule has 0 aromatic carbocycles. The summed E-state index contributed by atoms with van der Waals surface area (Å²) in [6, 6.07) is 1.84. The van der Waals surface area contributed by atoms with Crippen LogP contribution in [-0.2, 0) is 0 Å². The molecule has 1 aliphatic heterocycles. The molecule has 3 heterocycles. The fourth-order valence-corrected chi connectivity index (χ4v) is 2.40. The van der Waals surface area contributed by atoms with E-state index in [0.29, 0.717) is 10.9 Å². The highest BCUT2D eigenvalue weighted by Crippen LogP contribution is 2.19. The van der Waals surface area contributed by atoms with Crippen molar-refractivity contribution < 1.29 is 4.84 Å². The number of fused-ring (bicyclic) bond motifs is 1. The molecular weight excluding hydrogens is 232 g/mol. The van der Waals surface area contributed by atoms with E-state index in [-0.39, 0.29) is 5.56 Å². The molecule has 0 amide bonds. The van der Waals surface area contributed by atoms with Crippen LogP contribution < -0.4 is 15.3 Å². The van der Waals surface area contributed by atoms with Crippen LogP contribution in [0.3, 0.4) is 0 Å². The largest absolute Gasteiger partial charge is 0.398 e. The van der Waals surface area contributed by atoms with E-state index in [4.69, 9.17) is 4.84 Å². The van der Waals surface area contributed by atoms with E-state index in [1.54, 1.807) is 6.20 Å². The molecule has 3 rings (SSSR count). The number of nitrogens with zero attached hydrogens (tertiary/aromatic N) is 3. The molecule has 0 unspecified atom stereocenters. The van der Waals surface area contributed by atoms with Crippen LogP contribution in [0.5, 0.6) is 0 Å². The van der Waals surface area contributed by atoms with E-state index < -0.39 is 0 Å². The molecule has 0 radical (unpaired) electrons. The molecule has 1 aliphatic rings. The molecular formula is C12H16N4O2.